The zero-order valence-corrected chi connectivity index (χ0v) is 9.63. The summed E-state index contributed by atoms with van der Waals surface area (Å²) in [5.74, 6) is -0.922. The molecule has 1 aliphatic heterocycles. The summed E-state index contributed by atoms with van der Waals surface area (Å²) in [6.07, 6.45) is -4.58. The molecule has 0 saturated heterocycles. The molecule has 0 bridgehead atoms. The van der Waals surface area contributed by atoms with E-state index in [1.54, 1.807) is 18.2 Å². The van der Waals surface area contributed by atoms with E-state index in [2.05, 4.69) is 0 Å². The maximum Gasteiger partial charge on any atom is 0.397 e. The average Bonchev–Trinajstić information content (AvgIpc) is 2.26. The third kappa shape index (κ3) is 2.57. The Morgan fingerprint density at radius 2 is 2.11 bits per heavy atom. The summed E-state index contributed by atoms with van der Waals surface area (Å²) in [7, 11) is 0. The standard InChI is InChI=1S/C12H13F3N2O/c13-12(14,15)7-11(18)17-6-2-3-8-9(16)4-1-5-10(8)17/h1,4-5H,2-3,6-7,16H2. The fraction of sp³-hybridized carbons (Fsp3) is 0.417. The van der Waals surface area contributed by atoms with Crippen LogP contribution < -0.4 is 10.6 Å². The molecule has 0 atom stereocenters. The van der Waals surface area contributed by atoms with E-state index in [1.807, 2.05) is 0 Å². The van der Waals surface area contributed by atoms with Crippen LogP contribution in [0.5, 0.6) is 0 Å². The van der Waals surface area contributed by atoms with Crippen molar-refractivity contribution in [2.45, 2.75) is 25.4 Å². The molecule has 0 aromatic heterocycles. The first kappa shape index (κ1) is 12.7. The predicted molar refractivity (Wildman–Crippen MR) is 62.2 cm³/mol. The number of nitrogens with two attached hydrogens (primary N) is 1. The second-order valence-electron chi connectivity index (χ2n) is 4.29. The summed E-state index contributed by atoms with van der Waals surface area (Å²) in [6.45, 7) is 0.311. The van der Waals surface area contributed by atoms with Crippen LogP contribution in [0.2, 0.25) is 0 Å². The van der Waals surface area contributed by atoms with Gasteiger partial charge in [-0.1, -0.05) is 6.07 Å². The average molecular weight is 258 g/mol. The van der Waals surface area contributed by atoms with Crippen LogP contribution in [0.3, 0.4) is 0 Å². The number of nitrogens with zero attached hydrogens (tertiary/aromatic N) is 1. The first-order chi connectivity index (χ1) is 8.38. The third-order valence-corrected chi connectivity index (χ3v) is 2.94. The minimum atomic E-state index is -4.48. The normalized spacial score (nSPS) is 15.4. The first-order valence-corrected chi connectivity index (χ1v) is 5.63. The van der Waals surface area contributed by atoms with Crippen molar-refractivity contribution in [2.75, 3.05) is 17.2 Å². The molecule has 0 radical (unpaired) electrons. The number of hydrogen-bond donors (Lipinski definition) is 1. The van der Waals surface area contributed by atoms with Gasteiger partial charge < -0.3 is 10.6 Å². The first-order valence-electron chi connectivity index (χ1n) is 5.63. The molecule has 3 nitrogen and oxygen atoms in total. The van der Waals surface area contributed by atoms with Crippen molar-refractivity contribution < 1.29 is 18.0 Å². The Balaban J connectivity index is 2.28. The Morgan fingerprint density at radius 3 is 2.78 bits per heavy atom. The molecule has 18 heavy (non-hydrogen) atoms. The van der Waals surface area contributed by atoms with E-state index < -0.39 is 18.5 Å². The van der Waals surface area contributed by atoms with Gasteiger partial charge in [-0.2, -0.15) is 13.2 Å². The summed E-state index contributed by atoms with van der Waals surface area (Å²) >= 11 is 0. The lowest BCUT2D eigenvalue weighted by Gasteiger charge is -2.30. The van der Waals surface area contributed by atoms with Crippen LogP contribution in [0.1, 0.15) is 18.4 Å². The Hall–Kier alpha value is -1.72. The maximum absolute atomic E-state index is 12.2. The highest BCUT2D eigenvalue weighted by molar-refractivity contribution is 5.95. The summed E-state index contributed by atoms with van der Waals surface area (Å²) in [6, 6.07) is 4.98. The van der Waals surface area contributed by atoms with E-state index in [4.69, 9.17) is 5.73 Å². The van der Waals surface area contributed by atoms with Gasteiger partial charge in [0.05, 0.1) is 0 Å². The molecular formula is C12H13F3N2O. The van der Waals surface area contributed by atoms with Gasteiger partial charge in [-0.3, -0.25) is 4.79 Å². The van der Waals surface area contributed by atoms with Crippen LogP contribution in [-0.2, 0) is 11.2 Å². The fourth-order valence-electron chi connectivity index (χ4n) is 2.18. The number of carbonyl (C=O) groups is 1. The smallest absolute Gasteiger partial charge is 0.397 e. The minimum Gasteiger partial charge on any atom is -0.398 e. The van der Waals surface area contributed by atoms with Gasteiger partial charge in [0.25, 0.3) is 0 Å². The van der Waals surface area contributed by atoms with Gasteiger partial charge in [-0.15, -0.1) is 0 Å². The highest BCUT2D eigenvalue weighted by Crippen LogP contribution is 2.33. The van der Waals surface area contributed by atoms with Crippen molar-refractivity contribution in [2.24, 2.45) is 0 Å². The SMILES string of the molecule is Nc1cccc2c1CCCN2C(=O)CC(F)(F)F. The quantitative estimate of drug-likeness (QED) is 0.787. The number of carbonyl (C=O) groups excluding carboxylic acids is 1. The molecule has 98 valence electrons. The van der Waals surface area contributed by atoms with Crippen LogP contribution in [-0.4, -0.2) is 18.6 Å². The zero-order chi connectivity index (χ0) is 13.3. The lowest BCUT2D eigenvalue weighted by molar-refractivity contribution is -0.151. The molecule has 1 amide bonds. The fourth-order valence-corrected chi connectivity index (χ4v) is 2.18. The van der Waals surface area contributed by atoms with E-state index in [9.17, 15) is 18.0 Å². The van der Waals surface area contributed by atoms with Crippen molar-refractivity contribution in [1.29, 1.82) is 0 Å². The lowest BCUT2D eigenvalue weighted by Crippen LogP contribution is -2.38. The molecule has 0 spiro atoms. The molecule has 0 aliphatic carbocycles. The number of anilines is 2. The van der Waals surface area contributed by atoms with E-state index in [0.29, 0.717) is 30.8 Å². The molecular weight excluding hydrogens is 245 g/mol. The molecule has 0 fully saturated rings. The Labute approximate surface area is 102 Å². The summed E-state index contributed by atoms with van der Waals surface area (Å²) in [4.78, 5) is 12.8. The van der Waals surface area contributed by atoms with Crippen LogP contribution in [0.15, 0.2) is 18.2 Å². The van der Waals surface area contributed by atoms with Crippen molar-refractivity contribution in [3.63, 3.8) is 0 Å². The van der Waals surface area contributed by atoms with Gasteiger partial charge in [-0.05, 0) is 30.5 Å². The van der Waals surface area contributed by atoms with Crippen LogP contribution in [0.4, 0.5) is 24.5 Å². The molecule has 1 heterocycles. The van der Waals surface area contributed by atoms with Gasteiger partial charge in [0.15, 0.2) is 0 Å². The Kier molecular flexibility index (Phi) is 3.19. The topological polar surface area (TPSA) is 46.3 Å². The van der Waals surface area contributed by atoms with E-state index in [1.165, 1.54) is 4.90 Å². The largest absolute Gasteiger partial charge is 0.398 e. The molecule has 1 aromatic rings. The Bertz CT molecular complexity index is 471. The van der Waals surface area contributed by atoms with E-state index in [-0.39, 0.29) is 0 Å². The van der Waals surface area contributed by atoms with Crippen molar-refractivity contribution >= 4 is 17.3 Å². The van der Waals surface area contributed by atoms with Gasteiger partial charge >= 0.3 is 6.18 Å². The maximum atomic E-state index is 12.2. The van der Waals surface area contributed by atoms with Gasteiger partial charge in [-0.25, -0.2) is 0 Å². The second kappa shape index (κ2) is 4.51. The highest BCUT2D eigenvalue weighted by atomic mass is 19.4. The minimum absolute atomic E-state index is 0.311. The zero-order valence-electron chi connectivity index (χ0n) is 9.63. The third-order valence-electron chi connectivity index (χ3n) is 2.94. The van der Waals surface area contributed by atoms with Crippen molar-refractivity contribution in [1.82, 2.24) is 0 Å². The molecule has 6 heteroatoms. The van der Waals surface area contributed by atoms with Gasteiger partial charge in [0.1, 0.15) is 6.42 Å². The summed E-state index contributed by atoms with van der Waals surface area (Å²) in [5, 5.41) is 0. The van der Waals surface area contributed by atoms with Gasteiger partial charge in [0.2, 0.25) is 5.91 Å². The molecule has 1 aromatic carbocycles. The molecule has 0 saturated carbocycles. The lowest BCUT2D eigenvalue weighted by atomic mass is 9.99. The number of benzene rings is 1. The summed E-state index contributed by atoms with van der Waals surface area (Å²) in [5.41, 5.74) is 7.57. The predicted octanol–water partition coefficient (Wildman–Crippen LogP) is 2.50. The van der Waals surface area contributed by atoms with Crippen molar-refractivity contribution in [3.05, 3.63) is 23.8 Å². The number of hydrogen-bond acceptors (Lipinski definition) is 2. The van der Waals surface area contributed by atoms with Gasteiger partial charge in [0, 0.05) is 17.9 Å². The molecule has 0 unspecified atom stereocenters. The van der Waals surface area contributed by atoms with Crippen LogP contribution in [0, 0.1) is 0 Å². The summed E-state index contributed by atoms with van der Waals surface area (Å²) < 4.78 is 36.7. The van der Waals surface area contributed by atoms with Crippen LogP contribution >= 0.6 is 0 Å². The van der Waals surface area contributed by atoms with Crippen LogP contribution in [0.25, 0.3) is 0 Å². The second-order valence-corrected chi connectivity index (χ2v) is 4.29. The number of nitrogen functional groups attached to an aromatic ring is 1. The van der Waals surface area contributed by atoms with E-state index in [0.717, 1.165) is 5.56 Å². The highest BCUT2D eigenvalue weighted by Gasteiger charge is 2.35. The number of rotatable bonds is 1. The molecule has 2 N–H and O–H groups in total. The molecule has 1 aliphatic rings. The number of fused-ring (bicyclic) bond motifs is 1. The molecule has 2 rings (SSSR count). The number of alkyl halides is 3. The van der Waals surface area contributed by atoms with E-state index >= 15 is 0 Å². The Morgan fingerprint density at radius 1 is 1.39 bits per heavy atom. The number of halogens is 3. The monoisotopic (exact) mass is 258 g/mol. The van der Waals surface area contributed by atoms with Crippen molar-refractivity contribution in [3.8, 4) is 0 Å². The number of amides is 1.